The number of nitrogens with zero attached hydrogens (tertiary/aromatic N) is 2. The summed E-state index contributed by atoms with van der Waals surface area (Å²) in [5.41, 5.74) is 2.10. The molecule has 0 N–H and O–H groups in total. The molecule has 1 aliphatic heterocycles. The van der Waals surface area contributed by atoms with Gasteiger partial charge in [-0.2, -0.15) is 0 Å². The van der Waals surface area contributed by atoms with Crippen LogP contribution in [0.15, 0.2) is 12.1 Å². The minimum absolute atomic E-state index is 0.0477. The number of methoxy groups -OCH3 is 1. The minimum Gasteiger partial charge on any atom is -0.490 e. The number of ether oxygens (including phenoxy) is 1. The number of nitro benzene ring substituents is 1. The maximum Gasteiger partial charge on any atom is 0.311 e. The lowest BCUT2D eigenvalue weighted by atomic mass is 10.1. The Labute approximate surface area is 87.4 Å². The maximum atomic E-state index is 10.8. The van der Waals surface area contributed by atoms with E-state index >= 15 is 0 Å². The predicted molar refractivity (Wildman–Crippen MR) is 54.8 cm³/mol. The van der Waals surface area contributed by atoms with E-state index in [9.17, 15) is 10.1 Å². The second-order valence-electron chi connectivity index (χ2n) is 3.69. The van der Waals surface area contributed by atoms with Gasteiger partial charge in [-0.1, -0.05) is 6.07 Å². The van der Waals surface area contributed by atoms with Gasteiger partial charge in [0.05, 0.1) is 12.0 Å². The molecule has 5 nitrogen and oxygen atoms in total. The third-order valence-corrected chi connectivity index (χ3v) is 2.61. The average Bonchev–Trinajstić information content (AvgIpc) is 2.55. The van der Waals surface area contributed by atoms with Crippen molar-refractivity contribution in [3.05, 3.63) is 33.4 Å². The molecule has 0 bridgehead atoms. The summed E-state index contributed by atoms with van der Waals surface area (Å²) in [6.45, 7) is 1.53. The largest absolute Gasteiger partial charge is 0.490 e. The fourth-order valence-electron chi connectivity index (χ4n) is 1.97. The van der Waals surface area contributed by atoms with Crippen molar-refractivity contribution < 1.29 is 9.66 Å². The number of hydrogen-bond donors (Lipinski definition) is 0. The van der Waals surface area contributed by atoms with Gasteiger partial charge in [-0.05, 0) is 12.6 Å². The van der Waals surface area contributed by atoms with Gasteiger partial charge in [0, 0.05) is 24.7 Å². The van der Waals surface area contributed by atoms with E-state index in [2.05, 4.69) is 4.90 Å². The Kier molecular flexibility index (Phi) is 2.32. The highest BCUT2D eigenvalue weighted by Crippen LogP contribution is 2.37. The van der Waals surface area contributed by atoms with E-state index in [1.165, 1.54) is 13.2 Å². The third-order valence-electron chi connectivity index (χ3n) is 2.61. The fourth-order valence-corrected chi connectivity index (χ4v) is 1.97. The summed E-state index contributed by atoms with van der Waals surface area (Å²) < 4.78 is 5.13. The van der Waals surface area contributed by atoms with E-state index in [-0.39, 0.29) is 5.69 Å². The van der Waals surface area contributed by atoms with Crippen molar-refractivity contribution in [2.75, 3.05) is 14.2 Å². The Morgan fingerprint density at radius 1 is 1.47 bits per heavy atom. The van der Waals surface area contributed by atoms with Gasteiger partial charge >= 0.3 is 5.69 Å². The van der Waals surface area contributed by atoms with Crippen molar-refractivity contribution in [1.29, 1.82) is 0 Å². The van der Waals surface area contributed by atoms with Crippen LogP contribution in [-0.4, -0.2) is 24.0 Å². The van der Waals surface area contributed by atoms with Crippen LogP contribution in [0.2, 0.25) is 0 Å². The molecule has 0 amide bonds. The molecule has 1 aromatic carbocycles. The highest BCUT2D eigenvalue weighted by Gasteiger charge is 2.26. The monoisotopic (exact) mass is 208 g/mol. The summed E-state index contributed by atoms with van der Waals surface area (Å²) >= 11 is 0. The maximum absolute atomic E-state index is 10.8. The molecule has 15 heavy (non-hydrogen) atoms. The first-order valence-corrected chi connectivity index (χ1v) is 4.65. The molecule has 2 rings (SSSR count). The van der Waals surface area contributed by atoms with Crippen molar-refractivity contribution in [1.82, 2.24) is 4.90 Å². The molecule has 0 unspecified atom stereocenters. The molecule has 1 heterocycles. The summed E-state index contributed by atoms with van der Waals surface area (Å²) in [7, 11) is 3.45. The van der Waals surface area contributed by atoms with Crippen molar-refractivity contribution in [3.63, 3.8) is 0 Å². The SMILES string of the molecule is COc1c([N+](=O)[O-])ccc2c1CN(C)C2. The molecule has 1 aliphatic rings. The summed E-state index contributed by atoms with van der Waals surface area (Å²) in [5, 5.41) is 10.8. The Morgan fingerprint density at radius 3 is 2.80 bits per heavy atom. The Bertz CT molecular complexity index is 417. The Morgan fingerprint density at radius 2 is 2.20 bits per heavy atom. The first-order valence-electron chi connectivity index (χ1n) is 4.65. The van der Waals surface area contributed by atoms with Crippen LogP contribution in [0.25, 0.3) is 0 Å². The van der Waals surface area contributed by atoms with E-state index < -0.39 is 4.92 Å². The summed E-state index contributed by atoms with van der Waals surface area (Å²) in [5.74, 6) is 0.404. The standard InChI is InChI=1S/C10H12N2O3/c1-11-5-7-3-4-9(12(13)14)10(15-2)8(7)6-11/h3-4H,5-6H2,1-2H3. The molecule has 0 spiro atoms. The Balaban J connectivity index is 2.56. The second kappa shape index (κ2) is 3.51. The number of rotatable bonds is 2. The minimum atomic E-state index is -0.405. The summed E-state index contributed by atoms with van der Waals surface area (Å²) in [6.07, 6.45) is 0. The molecule has 0 radical (unpaired) electrons. The van der Waals surface area contributed by atoms with E-state index in [4.69, 9.17) is 4.74 Å². The molecule has 0 atom stereocenters. The van der Waals surface area contributed by atoms with E-state index in [0.717, 1.165) is 17.7 Å². The van der Waals surface area contributed by atoms with Crippen molar-refractivity contribution in [2.45, 2.75) is 13.1 Å². The fraction of sp³-hybridized carbons (Fsp3) is 0.400. The molecule has 80 valence electrons. The number of hydrogen-bond acceptors (Lipinski definition) is 4. The van der Waals surface area contributed by atoms with Crippen molar-refractivity contribution in [3.8, 4) is 5.75 Å². The molecular weight excluding hydrogens is 196 g/mol. The highest BCUT2D eigenvalue weighted by molar-refractivity contribution is 5.56. The van der Waals surface area contributed by atoms with Crippen LogP contribution >= 0.6 is 0 Å². The van der Waals surface area contributed by atoms with Crippen molar-refractivity contribution >= 4 is 5.69 Å². The van der Waals surface area contributed by atoms with Gasteiger partial charge in [-0.25, -0.2) is 0 Å². The second-order valence-corrected chi connectivity index (χ2v) is 3.69. The van der Waals surface area contributed by atoms with Crippen LogP contribution in [0.4, 0.5) is 5.69 Å². The molecule has 0 aromatic heterocycles. The zero-order valence-corrected chi connectivity index (χ0v) is 8.69. The lowest BCUT2D eigenvalue weighted by Crippen LogP contribution is -2.07. The van der Waals surface area contributed by atoms with Gasteiger partial charge in [-0.15, -0.1) is 0 Å². The van der Waals surface area contributed by atoms with Gasteiger partial charge < -0.3 is 4.74 Å². The van der Waals surface area contributed by atoms with Gasteiger partial charge in [0.1, 0.15) is 0 Å². The van der Waals surface area contributed by atoms with Gasteiger partial charge in [-0.3, -0.25) is 15.0 Å². The zero-order valence-electron chi connectivity index (χ0n) is 8.69. The highest BCUT2D eigenvalue weighted by atomic mass is 16.6. The molecule has 5 heteroatoms. The van der Waals surface area contributed by atoms with E-state index in [1.807, 2.05) is 7.05 Å². The van der Waals surface area contributed by atoms with E-state index in [1.54, 1.807) is 6.07 Å². The van der Waals surface area contributed by atoms with Gasteiger partial charge in [0.25, 0.3) is 0 Å². The van der Waals surface area contributed by atoms with Gasteiger partial charge in [0.2, 0.25) is 5.75 Å². The average molecular weight is 208 g/mol. The molecule has 0 saturated heterocycles. The topological polar surface area (TPSA) is 55.6 Å². The van der Waals surface area contributed by atoms with Gasteiger partial charge in [0.15, 0.2) is 0 Å². The first kappa shape index (κ1) is 9.92. The number of benzene rings is 1. The van der Waals surface area contributed by atoms with E-state index in [0.29, 0.717) is 12.3 Å². The van der Waals surface area contributed by atoms with Crippen molar-refractivity contribution in [2.24, 2.45) is 0 Å². The zero-order chi connectivity index (χ0) is 11.0. The molecule has 0 fully saturated rings. The lowest BCUT2D eigenvalue weighted by Gasteiger charge is -2.07. The number of nitro groups is 1. The number of fused-ring (bicyclic) bond motifs is 1. The smallest absolute Gasteiger partial charge is 0.311 e. The quantitative estimate of drug-likeness (QED) is 0.546. The van der Waals surface area contributed by atoms with Crippen LogP contribution in [0.1, 0.15) is 11.1 Å². The molecule has 0 aliphatic carbocycles. The summed E-state index contributed by atoms with van der Waals surface area (Å²) in [6, 6.07) is 3.32. The van der Waals surface area contributed by atoms with Crippen LogP contribution in [0.5, 0.6) is 5.75 Å². The van der Waals surface area contributed by atoms with Crippen LogP contribution in [0.3, 0.4) is 0 Å². The van der Waals surface area contributed by atoms with Crippen LogP contribution in [0, 0.1) is 10.1 Å². The molecular formula is C10H12N2O3. The lowest BCUT2D eigenvalue weighted by molar-refractivity contribution is -0.385. The van der Waals surface area contributed by atoms with Crippen LogP contribution in [-0.2, 0) is 13.1 Å². The summed E-state index contributed by atoms with van der Waals surface area (Å²) in [4.78, 5) is 12.5. The Hall–Kier alpha value is -1.62. The van der Waals surface area contributed by atoms with Crippen LogP contribution < -0.4 is 4.74 Å². The molecule has 0 saturated carbocycles. The third kappa shape index (κ3) is 1.55. The first-order chi connectivity index (χ1) is 7.13. The molecule has 1 aromatic rings. The normalized spacial score (nSPS) is 15.1. The predicted octanol–water partition coefficient (Wildman–Crippen LogP) is 1.55.